The lowest BCUT2D eigenvalue weighted by Gasteiger charge is -2.04. The minimum atomic E-state index is 0.256. The Labute approximate surface area is 117 Å². The summed E-state index contributed by atoms with van der Waals surface area (Å²) in [5.74, 6) is 0.256. The molecule has 1 aromatic heterocycles. The van der Waals surface area contributed by atoms with Crippen LogP contribution in [-0.2, 0) is 6.54 Å². The highest BCUT2D eigenvalue weighted by Crippen LogP contribution is 2.25. The van der Waals surface area contributed by atoms with Crippen molar-refractivity contribution in [3.8, 4) is 5.75 Å². The van der Waals surface area contributed by atoms with E-state index in [0.29, 0.717) is 6.54 Å². The molecule has 0 bridgehead atoms. The molecule has 0 atom stereocenters. The number of aromatic hydroxyl groups is 1. The number of rotatable bonds is 4. The summed E-state index contributed by atoms with van der Waals surface area (Å²) >= 11 is 0. The van der Waals surface area contributed by atoms with E-state index in [2.05, 4.69) is 10.1 Å². The lowest BCUT2D eigenvalue weighted by Crippen LogP contribution is -2.01. The van der Waals surface area contributed by atoms with Crippen LogP contribution in [0, 0.1) is 0 Å². The molecular weight excluding hydrogens is 250 g/mol. The van der Waals surface area contributed by atoms with Gasteiger partial charge in [0.2, 0.25) is 0 Å². The van der Waals surface area contributed by atoms with Crippen molar-refractivity contribution in [3.63, 3.8) is 0 Å². The van der Waals surface area contributed by atoms with Crippen LogP contribution in [0.5, 0.6) is 5.75 Å². The SMILES string of the molecule is Oc1ccc2ccccc2c1C=NCCn1cccn1. The van der Waals surface area contributed by atoms with E-state index in [9.17, 15) is 5.11 Å². The quantitative estimate of drug-likeness (QED) is 0.737. The van der Waals surface area contributed by atoms with E-state index >= 15 is 0 Å². The van der Waals surface area contributed by atoms with Crippen molar-refractivity contribution in [2.75, 3.05) is 6.54 Å². The Hall–Kier alpha value is -2.62. The highest BCUT2D eigenvalue weighted by atomic mass is 16.3. The first kappa shape index (κ1) is 12.4. The van der Waals surface area contributed by atoms with Crippen LogP contribution in [0.15, 0.2) is 59.9 Å². The van der Waals surface area contributed by atoms with Gasteiger partial charge < -0.3 is 5.11 Å². The average Bonchev–Trinajstić information content (AvgIpc) is 2.98. The number of hydrogen-bond acceptors (Lipinski definition) is 3. The molecule has 0 amide bonds. The maximum atomic E-state index is 9.98. The number of phenolic OH excluding ortho intramolecular Hbond substituents is 1. The number of aromatic nitrogens is 2. The minimum absolute atomic E-state index is 0.256. The Morgan fingerprint density at radius 3 is 2.90 bits per heavy atom. The molecule has 3 aromatic rings. The summed E-state index contributed by atoms with van der Waals surface area (Å²) in [6, 6.07) is 13.5. The molecule has 0 saturated heterocycles. The summed E-state index contributed by atoms with van der Waals surface area (Å²) in [5.41, 5.74) is 0.767. The van der Waals surface area contributed by atoms with Crippen molar-refractivity contribution in [1.82, 2.24) is 9.78 Å². The molecule has 1 heterocycles. The van der Waals surface area contributed by atoms with Crippen LogP contribution in [0.4, 0.5) is 0 Å². The lowest BCUT2D eigenvalue weighted by molar-refractivity contribution is 0.475. The predicted molar refractivity (Wildman–Crippen MR) is 80.3 cm³/mol. The van der Waals surface area contributed by atoms with Crippen LogP contribution in [-0.4, -0.2) is 27.6 Å². The van der Waals surface area contributed by atoms with Crippen LogP contribution in [0.2, 0.25) is 0 Å². The molecule has 0 aliphatic heterocycles. The van der Waals surface area contributed by atoms with E-state index in [-0.39, 0.29) is 5.75 Å². The van der Waals surface area contributed by atoms with Gasteiger partial charge in [-0.2, -0.15) is 5.10 Å². The van der Waals surface area contributed by atoms with Crippen molar-refractivity contribution in [2.24, 2.45) is 4.99 Å². The maximum Gasteiger partial charge on any atom is 0.124 e. The average molecular weight is 265 g/mol. The molecule has 4 nitrogen and oxygen atoms in total. The zero-order valence-corrected chi connectivity index (χ0v) is 11.0. The summed E-state index contributed by atoms with van der Waals surface area (Å²) in [4.78, 5) is 4.38. The van der Waals surface area contributed by atoms with Crippen LogP contribution < -0.4 is 0 Å². The van der Waals surface area contributed by atoms with Gasteiger partial charge in [-0.3, -0.25) is 9.67 Å². The number of phenols is 1. The van der Waals surface area contributed by atoms with Gasteiger partial charge in [-0.05, 0) is 22.9 Å². The molecule has 0 spiro atoms. The second-order valence-electron chi connectivity index (χ2n) is 4.52. The van der Waals surface area contributed by atoms with Crippen molar-refractivity contribution in [3.05, 3.63) is 60.4 Å². The Balaban J connectivity index is 1.81. The van der Waals surface area contributed by atoms with Crippen molar-refractivity contribution >= 4 is 17.0 Å². The van der Waals surface area contributed by atoms with Crippen LogP contribution in [0.25, 0.3) is 10.8 Å². The van der Waals surface area contributed by atoms with Gasteiger partial charge in [-0.15, -0.1) is 0 Å². The summed E-state index contributed by atoms with van der Waals surface area (Å²) in [6.07, 6.45) is 5.40. The van der Waals surface area contributed by atoms with Gasteiger partial charge in [0.1, 0.15) is 5.75 Å². The summed E-state index contributed by atoms with van der Waals surface area (Å²) in [6.45, 7) is 1.36. The molecule has 0 fully saturated rings. The Kier molecular flexibility index (Phi) is 3.46. The summed E-state index contributed by atoms with van der Waals surface area (Å²) in [5, 5.41) is 16.2. The van der Waals surface area contributed by atoms with E-state index in [1.54, 1.807) is 18.5 Å². The fourth-order valence-electron chi connectivity index (χ4n) is 2.17. The van der Waals surface area contributed by atoms with Gasteiger partial charge in [0.15, 0.2) is 0 Å². The molecule has 0 aliphatic rings. The Bertz CT molecular complexity index is 733. The second-order valence-corrected chi connectivity index (χ2v) is 4.52. The Morgan fingerprint density at radius 2 is 2.05 bits per heavy atom. The largest absolute Gasteiger partial charge is 0.507 e. The number of nitrogens with zero attached hydrogens (tertiary/aromatic N) is 3. The molecule has 0 aliphatic carbocycles. The molecule has 20 heavy (non-hydrogen) atoms. The van der Waals surface area contributed by atoms with E-state index < -0.39 is 0 Å². The molecule has 3 rings (SSSR count). The fraction of sp³-hybridized carbons (Fsp3) is 0.125. The third-order valence-corrected chi connectivity index (χ3v) is 3.19. The summed E-state index contributed by atoms with van der Waals surface area (Å²) < 4.78 is 1.83. The third kappa shape index (κ3) is 2.54. The van der Waals surface area contributed by atoms with E-state index in [1.807, 2.05) is 47.3 Å². The third-order valence-electron chi connectivity index (χ3n) is 3.19. The second kappa shape index (κ2) is 5.57. The van der Waals surface area contributed by atoms with Crippen molar-refractivity contribution in [2.45, 2.75) is 6.54 Å². The smallest absolute Gasteiger partial charge is 0.124 e. The molecule has 4 heteroatoms. The van der Waals surface area contributed by atoms with E-state index in [4.69, 9.17) is 0 Å². The predicted octanol–water partition coefficient (Wildman–Crippen LogP) is 2.86. The first-order chi connectivity index (χ1) is 9.84. The number of benzene rings is 2. The maximum absolute atomic E-state index is 9.98. The lowest BCUT2D eigenvalue weighted by atomic mass is 10.0. The van der Waals surface area contributed by atoms with Crippen molar-refractivity contribution < 1.29 is 5.11 Å². The molecule has 2 aromatic carbocycles. The molecule has 1 N–H and O–H groups in total. The first-order valence-electron chi connectivity index (χ1n) is 6.52. The zero-order valence-electron chi connectivity index (χ0n) is 11.0. The topological polar surface area (TPSA) is 50.4 Å². The van der Waals surface area contributed by atoms with Gasteiger partial charge in [0.25, 0.3) is 0 Å². The van der Waals surface area contributed by atoms with Gasteiger partial charge in [-0.25, -0.2) is 0 Å². The normalized spacial score (nSPS) is 11.4. The summed E-state index contributed by atoms with van der Waals surface area (Å²) in [7, 11) is 0. The molecule has 0 radical (unpaired) electrons. The van der Waals surface area contributed by atoms with Gasteiger partial charge in [0, 0.05) is 24.2 Å². The van der Waals surface area contributed by atoms with Crippen molar-refractivity contribution in [1.29, 1.82) is 0 Å². The van der Waals surface area contributed by atoms with Gasteiger partial charge in [0.05, 0.1) is 13.1 Å². The molecule has 0 saturated carbocycles. The van der Waals surface area contributed by atoms with Crippen LogP contribution in [0.3, 0.4) is 0 Å². The van der Waals surface area contributed by atoms with E-state index in [1.165, 1.54) is 0 Å². The Morgan fingerprint density at radius 1 is 1.15 bits per heavy atom. The molecule has 0 unspecified atom stereocenters. The van der Waals surface area contributed by atoms with Gasteiger partial charge in [-0.1, -0.05) is 30.3 Å². The van der Waals surface area contributed by atoms with Crippen LogP contribution >= 0.6 is 0 Å². The zero-order chi connectivity index (χ0) is 13.8. The standard InChI is InChI=1S/C16H15N3O/c20-16-7-6-13-4-1-2-5-14(13)15(16)12-17-9-11-19-10-3-8-18-19/h1-8,10,12,20H,9,11H2. The molecule has 100 valence electrons. The van der Waals surface area contributed by atoms with E-state index in [0.717, 1.165) is 22.9 Å². The number of fused-ring (bicyclic) bond motifs is 1. The monoisotopic (exact) mass is 265 g/mol. The number of aliphatic imine (C=N–C) groups is 1. The highest BCUT2D eigenvalue weighted by Gasteiger charge is 2.03. The number of hydrogen-bond donors (Lipinski definition) is 1. The first-order valence-corrected chi connectivity index (χ1v) is 6.52. The van der Waals surface area contributed by atoms with Gasteiger partial charge >= 0.3 is 0 Å². The fourth-order valence-corrected chi connectivity index (χ4v) is 2.17. The molecular formula is C16H15N3O. The van der Waals surface area contributed by atoms with Crippen LogP contribution in [0.1, 0.15) is 5.56 Å². The highest BCUT2D eigenvalue weighted by molar-refractivity contribution is 6.02. The minimum Gasteiger partial charge on any atom is -0.507 e.